The Morgan fingerprint density at radius 3 is 2.47 bits per heavy atom. The lowest BCUT2D eigenvalue weighted by Gasteiger charge is -2.28. The van der Waals surface area contributed by atoms with Crippen LogP contribution in [-0.2, 0) is 6.54 Å². The van der Waals surface area contributed by atoms with E-state index in [9.17, 15) is 0 Å². The van der Waals surface area contributed by atoms with Crippen LogP contribution in [0.15, 0.2) is 18.3 Å². The molecule has 0 aliphatic rings. The van der Waals surface area contributed by atoms with Crippen LogP contribution in [0.3, 0.4) is 0 Å². The monoisotopic (exact) mass is 208 g/mol. The second kappa shape index (κ2) is 5.12. The van der Waals surface area contributed by atoms with Gasteiger partial charge in [-0.3, -0.25) is 4.98 Å². The third kappa shape index (κ3) is 3.51. The molecule has 3 nitrogen and oxygen atoms in total. The maximum atomic E-state index is 9.09. The smallest absolute Gasteiger partial charge is 0.133 e. The molecule has 1 heterocycles. The summed E-state index contributed by atoms with van der Waals surface area (Å²) in [7, 11) is 0. The number of nitrogens with zero attached hydrogens (tertiary/aromatic N) is 1. The molecule has 0 aliphatic carbocycles. The van der Waals surface area contributed by atoms with Gasteiger partial charge >= 0.3 is 0 Å². The van der Waals surface area contributed by atoms with E-state index in [0.29, 0.717) is 0 Å². The quantitative estimate of drug-likeness (QED) is 0.781. The van der Waals surface area contributed by atoms with Crippen LogP contribution < -0.4 is 5.32 Å². The summed E-state index contributed by atoms with van der Waals surface area (Å²) in [4.78, 5) is 4.14. The lowest BCUT2D eigenvalue weighted by molar-refractivity contribution is 0.327. The first-order valence-electron chi connectivity index (χ1n) is 5.48. The summed E-state index contributed by atoms with van der Waals surface area (Å²) in [5.41, 5.74) is 1.14. The molecule has 0 radical (unpaired) electrons. The summed E-state index contributed by atoms with van der Waals surface area (Å²) in [6, 6.07) is 3.51. The highest BCUT2D eigenvalue weighted by atomic mass is 16.3. The van der Waals surface area contributed by atoms with E-state index in [0.717, 1.165) is 25.1 Å². The molecule has 1 aromatic heterocycles. The molecule has 0 atom stereocenters. The van der Waals surface area contributed by atoms with Gasteiger partial charge < -0.3 is 10.4 Å². The zero-order chi connectivity index (χ0) is 11.3. The number of hydrogen-bond donors (Lipinski definition) is 2. The van der Waals surface area contributed by atoms with E-state index in [4.69, 9.17) is 5.11 Å². The van der Waals surface area contributed by atoms with Crippen molar-refractivity contribution in [2.45, 2.75) is 45.7 Å². The number of rotatable bonds is 5. The minimum atomic E-state index is 0.180. The molecule has 2 N–H and O–H groups in total. The van der Waals surface area contributed by atoms with Crippen LogP contribution in [0.1, 0.15) is 39.3 Å². The molecule has 3 heteroatoms. The molecule has 1 aromatic rings. The van der Waals surface area contributed by atoms with Gasteiger partial charge in [-0.2, -0.15) is 0 Å². The zero-order valence-corrected chi connectivity index (χ0v) is 9.75. The average Bonchev–Trinajstić information content (AvgIpc) is 2.28. The molecule has 0 fully saturated rings. The Hall–Kier alpha value is -1.09. The van der Waals surface area contributed by atoms with E-state index in [1.54, 1.807) is 6.07 Å². The van der Waals surface area contributed by atoms with Gasteiger partial charge in [0.05, 0.1) is 11.9 Å². The van der Waals surface area contributed by atoms with Crippen LogP contribution in [0, 0.1) is 0 Å². The number of pyridine rings is 1. The van der Waals surface area contributed by atoms with Gasteiger partial charge in [-0.15, -0.1) is 0 Å². The predicted octanol–water partition coefficient (Wildman–Crippen LogP) is 2.46. The first-order chi connectivity index (χ1) is 7.09. The number of nitrogens with one attached hydrogen (secondary N) is 1. The van der Waals surface area contributed by atoms with E-state index in [1.165, 1.54) is 6.20 Å². The molecule has 0 saturated carbocycles. The Balaban J connectivity index is 2.53. The molecule has 0 spiro atoms. The standard InChI is InChI=1S/C12H20N2O/c1-4-12(3,5-2)14-8-10-6-7-11(15)9-13-10/h6-7,9,14-15H,4-5,8H2,1-3H3. The molecular weight excluding hydrogens is 188 g/mol. The minimum absolute atomic E-state index is 0.180. The van der Waals surface area contributed by atoms with Gasteiger partial charge in [0.15, 0.2) is 0 Å². The number of hydrogen-bond acceptors (Lipinski definition) is 3. The summed E-state index contributed by atoms with van der Waals surface area (Å²) in [5, 5.41) is 12.6. The van der Waals surface area contributed by atoms with Crippen molar-refractivity contribution in [1.29, 1.82) is 0 Å². The molecule has 0 bridgehead atoms. The van der Waals surface area contributed by atoms with Crippen molar-refractivity contribution in [3.8, 4) is 5.75 Å². The van der Waals surface area contributed by atoms with E-state index in [-0.39, 0.29) is 11.3 Å². The molecule has 0 aromatic carbocycles. The maximum Gasteiger partial charge on any atom is 0.133 e. The van der Waals surface area contributed by atoms with Gasteiger partial charge in [-0.25, -0.2) is 0 Å². The summed E-state index contributed by atoms with van der Waals surface area (Å²) in [6.07, 6.45) is 3.68. The van der Waals surface area contributed by atoms with E-state index < -0.39 is 0 Å². The van der Waals surface area contributed by atoms with Crippen molar-refractivity contribution in [1.82, 2.24) is 10.3 Å². The summed E-state index contributed by atoms with van der Waals surface area (Å²) in [6.45, 7) is 7.33. The fourth-order valence-electron chi connectivity index (χ4n) is 1.33. The van der Waals surface area contributed by atoms with Crippen molar-refractivity contribution in [3.63, 3.8) is 0 Å². The number of aromatic nitrogens is 1. The summed E-state index contributed by atoms with van der Waals surface area (Å²) < 4.78 is 0. The van der Waals surface area contributed by atoms with E-state index in [1.807, 2.05) is 6.07 Å². The lowest BCUT2D eigenvalue weighted by atomic mass is 9.95. The Morgan fingerprint density at radius 1 is 1.33 bits per heavy atom. The Labute approximate surface area is 91.5 Å². The summed E-state index contributed by atoms with van der Waals surface area (Å²) in [5.74, 6) is 0.215. The molecule has 0 aliphatic heterocycles. The maximum absolute atomic E-state index is 9.09. The van der Waals surface area contributed by atoms with Gasteiger partial charge in [0.1, 0.15) is 5.75 Å². The average molecular weight is 208 g/mol. The lowest BCUT2D eigenvalue weighted by Crippen LogP contribution is -2.40. The van der Waals surface area contributed by atoms with Gasteiger partial charge in [0.2, 0.25) is 0 Å². The Bertz CT molecular complexity index is 291. The first-order valence-corrected chi connectivity index (χ1v) is 5.48. The van der Waals surface area contributed by atoms with Crippen LogP contribution in [0.2, 0.25) is 0 Å². The largest absolute Gasteiger partial charge is 0.506 e. The fraction of sp³-hybridized carbons (Fsp3) is 0.583. The third-order valence-electron chi connectivity index (χ3n) is 3.07. The minimum Gasteiger partial charge on any atom is -0.506 e. The Morgan fingerprint density at radius 2 is 2.00 bits per heavy atom. The molecule has 0 saturated heterocycles. The van der Waals surface area contributed by atoms with Gasteiger partial charge in [-0.05, 0) is 31.9 Å². The fourth-order valence-corrected chi connectivity index (χ4v) is 1.33. The van der Waals surface area contributed by atoms with E-state index >= 15 is 0 Å². The van der Waals surface area contributed by atoms with Crippen LogP contribution in [0.5, 0.6) is 5.75 Å². The molecule has 0 unspecified atom stereocenters. The van der Waals surface area contributed by atoms with Crippen molar-refractivity contribution in [3.05, 3.63) is 24.0 Å². The second-order valence-corrected chi connectivity index (χ2v) is 4.13. The van der Waals surface area contributed by atoms with Crippen LogP contribution in [-0.4, -0.2) is 15.6 Å². The highest BCUT2D eigenvalue weighted by molar-refractivity contribution is 5.17. The molecular formula is C12H20N2O. The van der Waals surface area contributed by atoms with E-state index in [2.05, 4.69) is 31.1 Å². The van der Waals surface area contributed by atoms with Gasteiger partial charge in [0.25, 0.3) is 0 Å². The third-order valence-corrected chi connectivity index (χ3v) is 3.07. The van der Waals surface area contributed by atoms with Crippen molar-refractivity contribution in [2.24, 2.45) is 0 Å². The molecule has 84 valence electrons. The van der Waals surface area contributed by atoms with Crippen LogP contribution in [0.25, 0.3) is 0 Å². The van der Waals surface area contributed by atoms with Gasteiger partial charge in [-0.1, -0.05) is 13.8 Å². The molecule has 15 heavy (non-hydrogen) atoms. The Kier molecular flexibility index (Phi) is 4.09. The topological polar surface area (TPSA) is 45.1 Å². The highest BCUT2D eigenvalue weighted by Crippen LogP contribution is 2.14. The van der Waals surface area contributed by atoms with Crippen LogP contribution >= 0.6 is 0 Å². The van der Waals surface area contributed by atoms with Gasteiger partial charge in [0, 0.05) is 12.1 Å². The van der Waals surface area contributed by atoms with Crippen molar-refractivity contribution in [2.75, 3.05) is 0 Å². The van der Waals surface area contributed by atoms with Crippen LogP contribution in [0.4, 0.5) is 0 Å². The zero-order valence-electron chi connectivity index (χ0n) is 9.75. The highest BCUT2D eigenvalue weighted by Gasteiger charge is 2.18. The normalized spacial score (nSPS) is 11.7. The van der Waals surface area contributed by atoms with Crippen molar-refractivity contribution < 1.29 is 5.11 Å². The second-order valence-electron chi connectivity index (χ2n) is 4.13. The molecule has 0 amide bonds. The molecule has 1 rings (SSSR count). The predicted molar refractivity (Wildman–Crippen MR) is 61.7 cm³/mol. The first kappa shape index (κ1) is 12.0. The summed E-state index contributed by atoms with van der Waals surface area (Å²) >= 11 is 0. The SMILES string of the molecule is CCC(C)(CC)NCc1ccc(O)cn1. The number of aromatic hydroxyl groups is 1. The van der Waals surface area contributed by atoms with Crippen molar-refractivity contribution >= 4 is 0 Å².